The summed E-state index contributed by atoms with van der Waals surface area (Å²) in [5.41, 5.74) is 0.156. The Bertz CT molecular complexity index is 194. The molecule has 0 aromatic heterocycles. The Hall–Kier alpha value is -0.0300. The average molecular weight is 234 g/mol. The molecule has 0 aliphatic carbocycles. The first-order valence-electron chi connectivity index (χ1n) is 5.33. The van der Waals surface area contributed by atoms with Gasteiger partial charge in [-0.25, -0.2) is 0 Å². The van der Waals surface area contributed by atoms with Gasteiger partial charge in [0.1, 0.15) is 12.2 Å². The van der Waals surface area contributed by atoms with Crippen molar-refractivity contribution in [2.45, 2.75) is 58.3 Å². The molecule has 0 bridgehead atoms. The normalized spacial score (nSPS) is 18.3. The summed E-state index contributed by atoms with van der Waals surface area (Å²) in [6, 6.07) is 0. The summed E-state index contributed by atoms with van der Waals surface area (Å²) in [6.07, 6.45) is -0.903. The van der Waals surface area contributed by atoms with Crippen molar-refractivity contribution >= 4 is 17.6 Å². The molecule has 15 heavy (non-hydrogen) atoms. The second-order valence-corrected chi connectivity index (χ2v) is 5.01. The summed E-state index contributed by atoms with van der Waals surface area (Å²) in [6.45, 7) is 6.32. The minimum Gasteiger partial charge on any atom is -0.390 e. The number of aliphatic hydroxyl groups is 3. The molecule has 3 atom stereocenters. The smallest absolute Gasteiger partial charge is 0.111 e. The van der Waals surface area contributed by atoms with Crippen LogP contribution < -0.4 is 0 Å². The van der Waals surface area contributed by atoms with Gasteiger partial charge in [0, 0.05) is 5.37 Å². The minimum atomic E-state index is -1.17. The van der Waals surface area contributed by atoms with Gasteiger partial charge in [-0.1, -0.05) is 39.4 Å². The lowest BCUT2D eigenvalue weighted by Gasteiger charge is -2.26. The van der Waals surface area contributed by atoms with Gasteiger partial charge in [0.15, 0.2) is 0 Å². The predicted octanol–water partition coefficient (Wildman–Crippen LogP) is 1.29. The number of hydrogen-bond acceptors (Lipinski definition) is 4. The predicted molar refractivity (Wildman–Crippen MR) is 65.0 cm³/mol. The van der Waals surface area contributed by atoms with Gasteiger partial charge in [-0.3, -0.25) is 0 Å². The van der Waals surface area contributed by atoms with Crippen LogP contribution in [0.1, 0.15) is 40.0 Å². The molecule has 0 saturated heterocycles. The van der Waals surface area contributed by atoms with Gasteiger partial charge in [-0.2, -0.15) is 0 Å². The molecule has 0 saturated carbocycles. The van der Waals surface area contributed by atoms with Crippen molar-refractivity contribution in [3.63, 3.8) is 0 Å². The van der Waals surface area contributed by atoms with Gasteiger partial charge >= 0.3 is 0 Å². The molecule has 0 heterocycles. The van der Waals surface area contributed by atoms with Gasteiger partial charge in [0.05, 0.1) is 6.10 Å². The lowest BCUT2D eigenvalue weighted by atomic mass is 9.83. The summed E-state index contributed by atoms with van der Waals surface area (Å²) < 4.78 is 0. The third-order valence-corrected chi connectivity index (χ3v) is 3.24. The molecule has 3 nitrogen and oxygen atoms in total. The zero-order valence-corrected chi connectivity index (χ0v) is 10.5. The van der Waals surface area contributed by atoms with Gasteiger partial charge in [-0.05, 0) is 18.3 Å². The molecule has 4 heteroatoms. The van der Waals surface area contributed by atoms with Crippen LogP contribution in [0.3, 0.4) is 0 Å². The van der Waals surface area contributed by atoms with Gasteiger partial charge in [0.25, 0.3) is 0 Å². The van der Waals surface area contributed by atoms with Crippen molar-refractivity contribution in [3.05, 3.63) is 0 Å². The van der Waals surface area contributed by atoms with Crippen LogP contribution in [0.25, 0.3) is 0 Å². The molecular weight excluding hydrogens is 212 g/mol. The maximum atomic E-state index is 9.60. The molecular formula is C11H22O3S. The highest BCUT2D eigenvalue weighted by Crippen LogP contribution is 2.27. The van der Waals surface area contributed by atoms with Crippen molar-refractivity contribution < 1.29 is 15.3 Å². The maximum absolute atomic E-state index is 9.60. The summed E-state index contributed by atoms with van der Waals surface area (Å²) in [5, 5.41) is 29.3. The largest absolute Gasteiger partial charge is 0.390 e. The number of rotatable bonds is 7. The SMILES string of the molecule is CCC(C)(C)CC[C@@H](O)[C@@H](O)[C@@H](O)C=S. The van der Waals surface area contributed by atoms with Gasteiger partial charge in [0.2, 0.25) is 0 Å². The Morgan fingerprint density at radius 3 is 2.20 bits per heavy atom. The first-order chi connectivity index (χ1) is 6.84. The van der Waals surface area contributed by atoms with Gasteiger partial charge < -0.3 is 15.3 Å². The molecule has 0 radical (unpaired) electrons. The molecule has 0 unspecified atom stereocenters. The summed E-state index contributed by atoms with van der Waals surface area (Å²) in [7, 11) is 0. The lowest BCUT2D eigenvalue weighted by Crippen LogP contribution is -2.38. The Balaban J connectivity index is 4.03. The van der Waals surface area contributed by atoms with Crippen LogP contribution in [0.2, 0.25) is 0 Å². The zero-order valence-electron chi connectivity index (χ0n) is 9.68. The zero-order chi connectivity index (χ0) is 12.1. The Morgan fingerprint density at radius 2 is 1.80 bits per heavy atom. The first-order valence-corrected chi connectivity index (χ1v) is 5.80. The molecule has 3 N–H and O–H groups in total. The maximum Gasteiger partial charge on any atom is 0.111 e. The van der Waals surface area contributed by atoms with E-state index >= 15 is 0 Å². The van der Waals surface area contributed by atoms with E-state index in [1.54, 1.807) is 0 Å². The number of hydrogen-bond donors (Lipinski definition) is 3. The van der Waals surface area contributed by atoms with Crippen LogP contribution in [0.4, 0.5) is 0 Å². The molecule has 0 aromatic rings. The third-order valence-electron chi connectivity index (χ3n) is 2.96. The van der Waals surface area contributed by atoms with Crippen molar-refractivity contribution in [2.75, 3.05) is 0 Å². The van der Waals surface area contributed by atoms with Crippen molar-refractivity contribution in [1.82, 2.24) is 0 Å². The van der Waals surface area contributed by atoms with E-state index in [4.69, 9.17) is 0 Å². The second-order valence-electron chi connectivity index (χ2n) is 4.74. The Labute approximate surface area is 97.1 Å². The van der Waals surface area contributed by atoms with Gasteiger partial charge in [-0.15, -0.1) is 0 Å². The summed E-state index contributed by atoms with van der Waals surface area (Å²) in [4.78, 5) is 0. The lowest BCUT2D eigenvalue weighted by molar-refractivity contribution is -0.0393. The highest BCUT2D eigenvalue weighted by Gasteiger charge is 2.25. The highest BCUT2D eigenvalue weighted by atomic mass is 32.1. The molecule has 0 spiro atoms. The van der Waals surface area contributed by atoms with Crippen molar-refractivity contribution in [1.29, 1.82) is 0 Å². The van der Waals surface area contributed by atoms with E-state index in [9.17, 15) is 15.3 Å². The van der Waals surface area contributed by atoms with Crippen LogP contribution in [0.5, 0.6) is 0 Å². The van der Waals surface area contributed by atoms with E-state index in [0.717, 1.165) is 18.2 Å². The number of aliphatic hydroxyl groups excluding tert-OH is 3. The third kappa shape index (κ3) is 5.56. The van der Waals surface area contributed by atoms with E-state index in [1.807, 2.05) is 0 Å². The molecule has 0 aromatic carbocycles. The average Bonchev–Trinajstić information content (AvgIpc) is 2.23. The summed E-state index contributed by atoms with van der Waals surface area (Å²) in [5.74, 6) is 0. The molecule has 90 valence electrons. The second kappa shape index (κ2) is 6.53. The molecule has 0 amide bonds. The van der Waals surface area contributed by atoms with E-state index in [-0.39, 0.29) is 5.41 Å². The standard InChI is InChI=1S/C11H22O3S/c1-4-11(2,3)6-5-8(12)10(14)9(13)7-15/h7-10,12-14H,4-6H2,1-3H3/t8-,9+,10-/m1/s1. The summed E-state index contributed by atoms with van der Waals surface area (Å²) >= 11 is 4.50. The fraction of sp³-hybridized carbons (Fsp3) is 0.909. The Kier molecular flexibility index (Phi) is 6.52. The highest BCUT2D eigenvalue weighted by molar-refractivity contribution is 7.79. The van der Waals surface area contributed by atoms with Crippen molar-refractivity contribution in [3.8, 4) is 0 Å². The van der Waals surface area contributed by atoms with Crippen LogP contribution in [-0.4, -0.2) is 39.0 Å². The van der Waals surface area contributed by atoms with Crippen LogP contribution in [0, 0.1) is 5.41 Å². The van der Waals surface area contributed by atoms with Crippen LogP contribution >= 0.6 is 12.2 Å². The molecule has 0 aliphatic heterocycles. The van der Waals surface area contributed by atoms with E-state index in [0.29, 0.717) is 6.42 Å². The first kappa shape index (κ1) is 15.0. The fourth-order valence-corrected chi connectivity index (χ4v) is 1.36. The van der Waals surface area contributed by atoms with Crippen LogP contribution in [-0.2, 0) is 0 Å². The molecule has 0 fully saturated rings. The number of thiocarbonyl (C=S) groups is 1. The fourth-order valence-electron chi connectivity index (χ4n) is 1.19. The Morgan fingerprint density at radius 1 is 1.27 bits per heavy atom. The van der Waals surface area contributed by atoms with Crippen LogP contribution in [0.15, 0.2) is 0 Å². The quantitative estimate of drug-likeness (QED) is 0.581. The minimum absolute atomic E-state index is 0.156. The molecule has 0 rings (SSSR count). The van der Waals surface area contributed by atoms with Crippen molar-refractivity contribution in [2.24, 2.45) is 5.41 Å². The monoisotopic (exact) mass is 234 g/mol. The molecule has 0 aliphatic rings. The van der Waals surface area contributed by atoms with E-state index in [1.165, 1.54) is 0 Å². The van der Waals surface area contributed by atoms with E-state index < -0.39 is 18.3 Å². The topological polar surface area (TPSA) is 60.7 Å². The van der Waals surface area contributed by atoms with E-state index in [2.05, 4.69) is 33.0 Å².